The standard InChI is InChI=1S/C15H22N6/c1-3-5-21-11(2)12(8-18-21)9-20-6-4-14-13(10-20)7-17-15(16)19-14/h7-8H,3-6,9-10H2,1-2H3,(H2,16,17,19). The fourth-order valence-corrected chi connectivity index (χ4v) is 2.84. The molecule has 1 aliphatic rings. The molecule has 0 amide bonds. The van der Waals surface area contributed by atoms with Gasteiger partial charge in [-0.05, 0) is 13.3 Å². The number of hydrogen-bond acceptors (Lipinski definition) is 5. The summed E-state index contributed by atoms with van der Waals surface area (Å²) in [5, 5.41) is 4.48. The van der Waals surface area contributed by atoms with Crippen LogP contribution in [0.2, 0.25) is 0 Å². The first kappa shape index (κ1) is 14.0. The van der Waals surface area contributed by atoms with E-state index in [-0.39, 0.29) is 0 Å². The number of nitrogen functional groups attached to an aromatic ring is 1. The van der Waals surface area contributed by atoms with Crippen LogP contribution in [0.4, 0.5) is 5.95 Å². The number of nitrogens with zero attached hydrogens (tertiary/aromatic N) is 5. The second-order valence-electron chi connectivity index (χ2n) is 5.64. The minimum Gasteiger partial charge on any atom is -0.368 e. The van der Waals surface area contributed by atoms with Crippen molar-refractivity contribution < 1.29 is 0 Å². The SMILES string of the molecule is CCCn1ncc(CN2CCc3nc(N)ncc3C2)c1C. The van der Waals surface area contributed by atoms with Crippen LogP contribution < -0.4 is 5.73 Å². The first-order chi connectivity index (χ1) is 10.2. The minimum absolute atomic E-state index is 0.374. The van der Waals surface area contributed by atoms with E-state index in [9.17, 15) is 0 Å². The highest BCUT2D eigenvalue weighted by Crippen LogP contribution is 2.20. The zero-order valence-electron chi connectivity index (χ0n) is 12.7. The van der Waals surface area contributed by atoms with Crippen molar-refractivity contribution in [2.45, 2.75) is 46.3 Å². The van der Waals surface area contributed by atoms with Gasteiger partial charge in [0.1, 0.15) is 0 Å². The van der Waals surface area contributed by atoms with Gasteiger partial charge in [0.2, 0.25) is 5.95 Å². The maximum Gasteiger partial charge on any atom is 0.220 e. The van der Waals surface area contributed by atoms with Crippen LogP contribution in [0.5, 0.6) is 0 Å². The van der Waals surface area contributed by atoms with Gasteiger partial charge in [-0.3, -0.25) is 9.58 Å². The van der Waals surface area contributed by atoms with Crippen LogP contribution in [0.1, 0.15) is 35.9 Å². The summed E-state index contributed by atoms with van der Waals surface area (Å²) in [5.41, 5.74) is 10.5. The summed E-state index contributed by atoms with van der Waals surface area (Å²) in [7, 11) is 0. The Labute approximate surface area is 125 Å². The molecule has 0 saturated heterocycles. The lowest BCUT2D eigenvalue weighted by atomic mass is 10.1. The lowest BCUT2D eigenvalue weighted by Crippen LogP contribution is -2.31. The van der Waals surface area contributed by atoms with E-state index in [2.05, 4.69) is 38.5 Å². The maximum absolute atomic E-state index is 5.64. The summed E-state index contributed by atoms with van der Waals surface area (Å²) in [4.78, 5) is 10.8. The molecular weight excluding hydrogens is 264 g/mol. The van der Waals surface area contributed by atoms with E-state index in [0.717, 1.165) is 44.7 Å². The third-order valence-electron chi connectivity index (χ3n) is 4.07. The molecular formula is C15H22N6. The first-order valence-corrected chi connectivity index (χ1v) is 7.51. The Hall–Kier alpha value is -1.95. The molecule has 0 fully saturated rings. The predicted molar refractivity (Wildman–Crippen MR) is 81.5 cm³/mol. The van der Waals surface area contributed by atoms with Crippen LogP contribution in [0.3, 0.4) is 0 Å². The van der Waals surface area contributed by atoms with Crippen molar-refractivity contribution in [3.8, 4) is 0 Å². The maximum atomic E-state index is 5.64. The van der Waals surface area contributed by atoms with Crippen LogP contribution in [0, 0.1) is 6.92 Å². The molecule has 1 aliphatic heterocycles. The molecule has 3 rings (SSSR count). The van der Waals surface area contributed by atoms with Gasteiger partial charge in [-0.25, -0.2) is 9.97 Å². The van der Waals surface area contributed by atoms with Gasteiger partial charge >= 0.3 is 0 Å². The normalized spacial score (nSPS) is 15.1. The van der Waals surface area contributed by atoms with Crippen molar-refractivity contribution in [1.29, 1.82) is 0 Å². The number of nitrogens with two attached hydrogens (primary N) is 1. The molecule has 6 nitrogen and oxygen atoms in total. The summed E-state index contributed by atoms with van der Waals surface area (Å²) < 4.78 is 2.09. The lowest BCUT2D eigenvalue weighted by Gasteiger charge is -2.27. The van der Waals surface area contributed by atoms with E-state index < -0.39 is 0 Å². The van der Waals surface area contributed by atoms with Crippen molar-refractivity contribution in [2.24, 2.45) is 0 Å². The van der Waals surface area contributed by atoms with Gasteiger partial charge in [-0.1, -0.05) is 6.92 Å². The molecule has 0 radical (unpaired) electrons. The Morgan fingerprint density at radius 2 is 2.19 bits per heavy atom. The zero-order chi connectivity index (χ0) is 14.8. The summed E-state index contributed by atoms with van der Waals surface area (Å²) in [5.74, 6) is 0.374. The quantitative estimate of drug-likeness (QED) is 0.922. The summed E-state index contributed by atoms with van der Waals surface area (Å²) >= 11 is 0. The van der Waals surface area contributed by atoms with Gasteiger partial charge in [0.05, 0.1) is 11.9 Å². The average Bonchev–Trinajstić information content (AvgIpc) is 2.81. The van der Waals surface area contributed by atoms with Gasteiger partial charge in [0.25, 0.3) is 0 Å². The molecule has 2 aromatic rings. The van der Waals surface area contributed by atoms with Crippen LogP contribution in [-0.4, -0.2) is 31.2 Å². The molecule has 2 aromatic heterocycles. The second kappa shape index (κ2) is 5.81. The van der Waals surface area contributed by atoms with Gasteiger partial charge in [0.15, 0.2) is 0 Å². The van der Waals surface area contributed by atoms with E-state index in [1.54, 1.807) is 0 Å². The van der Waals surface area contributed by atoms with Crippen LogP contribution >= 0.6 is 0 Å². The predicted octanol–water partition coefficient (Wildman–Crippen LogP) is 1.53. The molecule has 21 heavy (non-hydrogen) atoms. The van der Waals surface area contributed by atoms with E-state index >= 15 is 0 Å². The molecule has 0 aromatic carbocycles. The van der Waals surface area contributed by atoms with Crippen molar-refractivity contribution in [3.05, 3.63) is 34.9 Å². The largest absolute Gasteiger partial charge is 0.368 e. The fraction of sp³-hybridized carbons (Fsp3) is 0.533. The second-order valence-corrected chi connectivity index (χ2v) is 5.64. The first-order valence-electron chi connectivity index (χ1n) is 7.51. The van der Waals surface area contributed by atoms with Crippen LogP contribution in [0.25, 0.3) is 0 Å². The molecule has 0 aliphatic carbocycles. The van der Waals surface area contributed by atoms with E-state index in [1.807, 2.05) is 12.4 Å². The third kappa shape index (κ3) is 2.90. The van der Waals surface area contributed by atoms with Crippen LogP contribution in [0.15, 0.2) is 12.4 Å². The van der Waals surface area contributed by atoms with Gasteiger partial charge in [0, 0.05) is 55.6 Å². The number of rotatable bonds is 4. The molecule has 6 heteroatoms. The molecule has 3 heterocycles. The number of fused-ring (bicyclic) bond motifs is 1. The summed E-state index contributed by atoms with van der Waals surface area (Å²) in [6, 6.07) is 0. The molecule has 0 saturated carbocycles. The number of aromatic nitrogens is 4. The van der Waals surface area contributed by atoms with Crippen molar-refractivity contribution in [2.75, 3.05) is 12.3 Å². The molecule has 0 atom stereocenters. The van der Waals surface area contributed by atoms with Crippen molar-refractivity contribution >= 4 is 5.95 Å². The number of aryl methyl sites for hydroxylation is 1. The Kier molecular flexibility index (Phi) is 3.88. The summed E-state index contributed by atoms with van der Waals surface area (Å²) in [6.07, 6.45) is 5.90. The third-order valence-corrected chi connectivity index (χ3v) is 4.07. The molecule has 2 N–H and O–H groups in total. The molecule has 0 bridgehead atoms. The van der Waals surface area contributed by atoms with Gasteiger partial charge in [-0.2, -0.15) is 5.10 Å². The number of anilines is 1. The molecule has 0 spiro atoms. The highest BCUT2D eigenvalue weighted by molar-refractivity contribution is 5.27. The lowest BCUT2D eigenvalue weighted by molar-refractivity contribution is 0.242. The Bertz CT molecular complexity index is 633. The fourth-order valence-electron chi connectivity index (χ4n) is 2.84. The van der Waals surface area contributed by atoms with Gasteiger partial charge < -0.3 is 5.73 Å². The minimum atomic E-state index is 0.374. The summed E-state index contributed by atoms with van der Waals surface area (Å²) in [6.45, 7) is 8.13. The molecule has 0 unspecified atom stereocenters. The molecule has 112 valence electrons. The Morgan fingerprint density at radius 3 is 3.00 bits per heavy atom. The zero-order valence-corrected chi connectivity index (χ0v) is 12.7. The number of hydrogen-bond donors (Lipinski definition) is 1. The van der Waals surface area contributed by atoms with E-state index in [0.29, 0.717) is 5.95 Å². The van der Waals surface area contributed by atoms with E-state index in [4.69, 9.17) is 5.73 Å². The van der Waals surface area contributed by atoms with Gasteiger partial charge in [-0.15, -0.1) is 0 Å². The topological polar surface area (TPSA) is 72.9 Å². The highest BCUT2D eigenvalue weighted by Gasteiger charge is 2.19. The van der Waals surface area contributed by atoms with Crippen LogP contribution in [-0.2, 0) is 26.1 Å². The smallest absolute Gasteiger partial charge is 0.220 e. The average molecular weight is 286 g/mol. The highest BCUT2D eigenvalue weighted by atomic mass is 15.3. The Balaban J connectivity index is 1.71. The van der Waals surface area contributed by atoms with E-state index in [1.165, 1.54) is 16.8 Å². The monoisotopic (exact) mass is 286 g/mol. The Morgan fingerprint density at radius 1 is 1.33 bits per heavy atom. The van der Waals surface area contributed by atoms with Crippen molar-refractivity contribution in [1.82, 2.24) is 24.6 Å². The van der Waals surface area contributed by atoms with Crippen molar-refractivity contribution in [3.63, 3.8) is 0 Å².